The topological polar surface area (TPSA) is 91.8 Å². The van der Waals surface area contributed by atoms with Crippen molar-refractivity contribution < 1.29 is 4.79 Å². The SMILES string of the molecule is Cc1nc(C2CCN(C(=O)c3ccc(-c4ccnnc4)c4ccccc34)CC2)cc(=O)[nH]1. The minimum absolute atomic E-state index is 0.0362. The third-order valence-electron chi connectivity index (χ3n) is 6.13. The van der Waals surface area contributed by atoms with E-state index in [9.17, 15) is 9.59 Å². The smallest absolute Gasteiger partial charge is 0.254 e. The van der Waals surface area contributed by atoms with Crippen LogP contribution in [0.2, 0.25) is 0 Å². The number of hydrogen-bond donors (Lipinski definition) is 1. The molecule has 1 saturated heterocycles. The number of carbonyl (C=O) groups is 1. The number of aromatic nitrogens is 4. The van der Waals surface area contributed by atoms with Crippen molar-refractivity contribution in [3.63, 3.8) is 0 Å². The number of amides is 1. The van der Waals surface area contributed by atoms with Crippen LogP contribution in [0.1, 0.15) is 40.6 Å². The summed E-state index contributed by atoms with van der Waals surface area (Å²) in [7, 11) is 0. The molecule has 160 valence electrons. The predicted molar refractivity (Wildman–Crippen MR) is 122 cm³/mol. The molecule has 0 aliphatic carbocycles. The Labute approximate surface area is 185 Å². The first-order chi connectivity index (χ1) is 15.6. The number of piperidine rings is 1. The van der Waals surface area contributed by atoms with Crippen LogP contribution < -0.4 is 5.56 Å². The van der Waals surface area contributed by atoms with Crippen LogP contribution in [0, 0.1) is 6.92 Å². The molecule has 2 aromatic heterocycles. The van der Waals surface area contributed by atoms with Crippen molar-refractivity contribution in [1.29, 1.82) is 0 Å². The molecule has 0 saturated carbocycles. The van der Waals surface area contributed by atoms with E-state index in [0.29, 0.717) is 24.5 Å². The van der Waals surface area contributed by atoms with Crippen molar-refractivity contribution in [1.82, 2.24) is 25.1 Å². The van der Waals surface area contributed by atoms with E-state index < -0.39 is 0 Å². The number of aryl methyl sites for hydroxylation is 1. The predicted octanol–water partition coefficient (Wildman–Crippen LogP) is 3.71. The molecule has 7 heteroatoms. The lowest BCUT2D eigenvalue weighted by Crippen LogP contribution is -2.38. The second-order valence-electron chi connectivity index (χ2n) is 8.16. The molecule has 2 aromatic carbocycles. The number of hydrogen-bond acceptors (Lipinski definition) is 5. The molecule has 0 atom stereocenters. The Morgan fingerprint density at radius 3 is 2.53 bits per heavy atom. The second kappa shape index (κ2) is 8.34. The fourth-order valence-corrected chi connectivity index (χ4v) is 4.55. The summed E-state index contributed by atoms with van der Waals surface area (Å²) in [5, 5.41) is 9.80. The molecular formula is C25H23N5O2. The van der Waals surface area contributed by atoms with Crippen LogP contribution in [0.15, 0.2) is 65.7 Å². The molecule has 3 heterocycles. The highest BCUT2D eigenvalue weighted by atomic mass is 16.2. The lowest BCUT2D eigenvalue weighted by Gasteiger charge is -2.32. The molecule has 7 nitrogen and oxygen atoms in total. The van der Waals surface area contributed by atoms with Crippen LogP contribution in [-0.4, -0.2) is 44.1 Å². The van der Waals surface area contributed by atoms with E-state index in [2.05, 4.69) is 20.2 Å². The van der Waals surface area contributed by atoms with Gasteiger partial charge in [0.15, 0.2) is 0 Å². The minimum Gasteiger partial charge on any atom is -0.339 e. The van der Waals surface area contributed by atoms with E-state index >= 15 is 0 Å². The number of aromatic amines is 1. The van der Waals surface area contributed by atoms with Gasteiger partial charge in [-0.2, -0.15) is 10.2 Å². The first-order valence-electron chi connectivity index (χ1n) is 10.8. The maximum Gasteiger partial charge on any atom is 0.254 e. The first kappa shape index (κ1) is 20.1. The average Bonchev–Trinajstić information content (AvgIpc) is 2.83. The normalized spacial score (nSPS) is 14.6. The van der Waals surface area contributed by atoms with Gasteiger partial charge in [0.1, 0.15) is 5.82 Å². The Morgan fingerprint density at radius 1 is 1.03 bits per heavy atom. The lowest BCUT2D eigenvalue weighted by molar-refractivity contribution is 0.0714. The molecule has 1 aliphatic rings. The number of carbonyl (C=O) groups excluding carboxylic acids is 1. The van der Waals surface area contributed by atoms with Gasteiger partial charge in [0, 0.05) is 36.2 Å². The van der Waals surface area contributed by atoms with E-state index in [1.165, 1.54) is 0 Å². The van der Waals surface area contributed by atoms with Crippen LogP contribution in [0.5, 0.6) is 0 Å². The van der Waals surface area contributed by atoms with Crippen molar-refractivity contribution in [2.75, 3.05) is 13.1 Å². The molecule has 1 aliphatic heterocycles. The zero-order valence-corrected chi connectivity index (χ0v) is 17.8. The molecule has 0 radical (unpaired) electrons. The highest BCUT2D eigenvalue weighted by Gasteiger charge is 2.27. The van der Waals surface area contributed by atoms with E-state index in [1.54, 1.807) is 25.4 Å². The van der Waals surface area contributed by atoms with Crippen molar-refractivity contribution in [2.24, 2.45) is 0 Å². The molecule has 5 rings (SSSR count). The van der Waals surface area contributed by atoms with Crippen molar-refractivity contribution in [3.8, 4) is 11.1 Å². The van der Waals surface area contributed by atoms with Gasteiger partial charge in [0.2, 0.25) is 0 Å². The number of nitrogens with zero attached hydrogens (tertiary/aromatic N) is 4. The van der Waals surface area contributed by atoms with Gasteiger partial charge in [-0.3, -0.25) is 9.59 Å². The van der Waals surface area contributed by atoms with Gasteiger partial charge < -0.3 is 9.88 Å². The molecule has 1 fully saturated rings. The molecule has 32 heavy (non-hydrogen) atoms. The Kier molecular flexibility index (Phi) is 5.23. The van der Waals surface area contributed by atoms with Crippen LogP contribution in [0.3, 0.4) is 0 Å². The number of fused-ring (bicyclic) bond motifs is 1. The Hall–Kier alpha value is -3.87. The zero-order chi connectivity index (χ0) is 22.1. The summed E-state index contributed by atoms with van der Waals surface area (Å²) in [6.07, 6.45) is 4.99. The van der Waals surface area contributed by atoms with Gasteiger partial charge in [-0.25, -0.2) is 4.98 Å². The summed E-state index contributed by atoms with van der Waals surface area (Å²) in [5.74, 6) is 0.856. The third-order valence-corrected chi connectivity index (χ3v) is 6.13. The summed E-state index contributed by atoms with van der Waals surface area (Å²) in [5.41, 5.74) is 3.40. The van der Waals surface area contributed by atoms with E-state index in [0.717, 1.165) is 40.4 Å². The standard InChI is InChI=1S/C25H23N5O2/c1-16-28-23(14-24(31)29-16)17-9-12-30(13-10-17)25(32)22-7-6-19(18-8-11-26-27-15-18)20-4-2-3-5-21(20)22/h2-8,11,14-15,17H,9-10,12-13H2,1H3,(H,28,29,31). The number of likely N-dealkylation sites (tertiary alicyclic amines) is 1. The molecular weight excluding hydrogens is 402 g/mol. The van der Waals surface area contributed by atoms with Gasteiger partial charge in [-0.15, -0.1) is 0 Å². The Balaban J connectivity index is 1.41. The van der Waals surface area contributed by atoms with Crippen molar-refractivity contribution in [3.05, 3.63) is 88.4 Å². The lowest BCUT2D eigenvalue weighted by atomic mass is 9.91. The van der Waals surface area contributed by atoms with Gasteiger partial charge in [0.25, 0.3) is 11.5 Å². The fourth-order valence-electron chi connectivity index (χ4n) is 4.55. The monoisotopic (exact) mass is 425 g/mol. The van der Waals surface area contributed by atoms with Crippen LogP contribution in [0.25, 0.3) is 21.9 Å². The summed E-state index contributed by atoms with van der Waals surface area (Å²) in [6, 6.07) is 15.4. The van der Waals surface area contributed by atoms with Crippen LogP contribution in [0.4, 0.5) is 0 Å². The third kappa shape index (κ3) is 3.77. The number of rotatable bonds is 3. The summed E-state index contributed by atoms with van der Waals surface area (Å²) >= 11 is 0. The molecule has 1 amide bonds. The number of nitrogens with one attached hydrogen (secondary N) is 1. The van der Waals surface area contributed by atoms with Crippen molar-refractivity contribution >= 4 is 16.7 Å². The highest BCUT2D eigenvalue weighted by Crippen LogP contribution is 2.32. The highest BCUT2D eigenvalue weighted by molar-refractivity contribution is 6.10. The second-order valence-corrected chi connectivity index (χ2v) is 8.16. The minimum atomic E-state index is -0.123. The van der Waals surface area contributed by atoms with Gasteiger partial charge in [-0.05, 0) is 48.2 Å². The number of H-pyrrole nitrogens is 1. The summed E-state index contributed by atoms with van der Waals surface area (Å²) < 4.78 is 0. The van der Waals surface area contributed by atoms with Crippen LogP contribution in [-0.2, 0) is 0 Å². The van der Waals surface area contributed by atoms with Gasteiger partial charge >= 0.3 is 0 Å². The first-order valence-corrected chi connectivity index (χ1v) is 10.8. The summed E-state index contributed by atoms with van der Waals surface area (Å²) in [6.45, 7) is 3.07. The van der Waals surface area contributed by atoms with Crippen LogP contribution >= 0.6 is 0 Å². The molecule has 0 unspecified atom stereocenters. The van der Waals surface area contributed by atoms with Gasteiger partial charge in [0.05, 0.1) is 18.1 Å². The largest absolute Gasteiger partial charge is 0.339 e. The quantitative estimate of drug-likeness (QED) is 0.540. The Bertz CT molecular complexity index is 1340. The maximum atomic E-state index is 13.4. The Morgan fingerprint density at radius 2 is 1.81 bits per heavy atom. The molecule has 0 spiro atoms. The summed E-state index contributed by atoms with van der Waals surface area (Å²) in [4.78, 5) is 34.3. The molecule has 1 N–H and O–H groups in total. The molecule has 4 aromatic rings. The average molecular weight is 425 g/mol. The molecule has 0 bridgehead atoms. The fraction of sp³-hybridized carbons (Fsp3) is 0.240. The zero-order valence-electron chi connectivity index (χ0n) is 17.8. The van der Waals surface area contributed by atoms with E-state index in [-0.39, 0.29) is 17.4 Å². The van der Waals surface area contributed by atoms with Crippen molar-refractivity contribution in [2.45, 2.75) is 25.7 Å². The van der Waals surface area contributed by atoms with E-state index in [4.69, 9.17) is 0 Å². The van der Waals surface area contributed by atoms with Gasteiger partial charge in [-0.1, -0.05) is 30.3 Å². The number of benzene rings is 2. The van der Waals surface area contributed by atoms with E-state index in [1.807, 2.05) is 47.4 Å². The maximum absolute atomic E-state index is 13.4.